The number of benzene rings is 2. The molecular weight excluding hydrogens is 344 g/mol. The Kier molecular flexibility index (Phi) is 4.19. The molecule has 0 aliphatic rings. The second kappa shape index (κ2) is 5.67. The SMILES string of the molecule is COc1ccccc1C(N)c1ccc(F)cc1I. The summed E-state index contributed by atoms with van der Waals surface area (Å²) in [5, 5.41) is 0. The highest BCUT2D eigenvalue weighted by Crippen LogP contribution is 2.30. The average molecular weight is 357 g/mol. The summed E-state index contributed by atoms with van der Waals surface area (Å²) in [5.74, 6) is 0.487. The molecule has 4 heteroatoms. The van der Waals surface area contributed by atoms with Crippen LogP contribution in [0.25, 0.3) is 0 Å². The largest absolute Gasteiger partial charge is 0.496 e. The number of halogens is 2. The van der Waals surface area contributed by atoms with Gasteiger partial charge in [-0.3, -0.25) is 0 Å². The van der Waals surface area contributed by atoms with Gasteiger partial charge in [-0.15, -0.1) is 0 Å². The van der Waals surface area contributed by atoms with Gasteiger partial charge in [0.25, 0.3) is 0 Å². The van der Waals surface area contributed by atoms with Crippen molar-refractivity contribution >= 4 is 22.6 Å². The molecule has 2 N–H and O–H groups in total. The highest BCUT2D eigenvalue weighted by molar-refractivity contribution is 14.1. The van der Waals surface area contributed by atoms with E-state index in [1.165, 1.54) is 12.1 Å². The molecule has 0 radical (unpaired) electrons. The molecule has 0 saturated carbocycles. The molecule has 0 spiro atoms. The Bertz CT molecular complexity index is 559. The number of ether oxygens (including phenoxy) is 1. The van der Waals surface area contributed by atoms with Gasteiger partial charge in [0.2, 0.25) is 0 Å². The molecule has 0 fully saturated rings. The smallest absolute Gasteiger partial charge is 0.124 e. The van der Waals surface area contributed by atoms with Gasteiger partial charge in [0.15, 0.2) is 0 Å². The molecule has 2 aromatic rings. The molecule has 0 bridgehead atoms. The monoisotopic (exact) mass is 357 g/mol. The average Bonchev–Trinajstić information content (AvgIpc) is 2.38. The van der Waals surface area contributed by atoms with Gasteiger partial charge < -0.3 is 10.5 Å². The van der Waals surface area contributed by atoms with Crippen LogP contribution < -0.4 is 10.5 Å². The molecule has 0 heterocycles. The lowest BCUT2D eigenvalue weighted by molar-refractivity contribution is 0.408. The summed E-state index contributed by atoms with van der Waals surface area (Å²) in [7, 11) is 1.61. The standard InChI is InChI=1S/C14H13FINO/c1-18-13-5-3-2-4-11(13)14(17)10-7-6-9(15)8-12(10)16/h2-8,14H,17H2,1H3. The molecule has 1 atom stereocenters. The number of nitrogens with two attached hydrogens (primary N) is 1. The zero-order chi connectivity index (χ0) is 13.1. The van der Waals surface area contributed by atoms with E-state index in [1.54, 1.807) is 13.2 Å². The molecular formula is C14H13FINO. The zero-order valence-corrected chi connectivity index (χ0v) is 12.0. The molecule has 2 nitrogen and oxygen atoms in total. The number of hydrogen-bond donors (Lipinski definition) is 1. The molecule has 2 rings (SSSR count). The second-order valence-corrected chi connectivity index (χ2v) is 5.05. The molecule has 2 aromatic carbocycles. The highest BCUT2D eigenvalue weighted by atomic mass is 127. The van der Waals surface area contributed by atoms with E-state index < -0.39 is 0 Å². The van der Waals surface area contributed by atoms with Crippen LogP contribution in [0.3, 0.4) is 0 Å². The van der Waals surface area contributed by atoms with Crippen LogP contribution in [0, 0.1) is 9.39 Å². The van der Waals surface area contributed by atoms with E-state index in [-0.39, 0.29) is 11.9 Å². The quantitative estimate of drug-likeness (QED) is 0.854. The van der Waals surface area contributed by atoms with Gasteiger partial charge in [-0.05, 0) is 46.4 Å². The minimum absolute atomic E-state index is 0.254. The number of para-hydroxylation sites is 1. The van der Waals surface area contributed by atoms with Crippen LogP contribution in [0.4, 0.5) is 4.39 Å². The molecule has 1 unspecified atom stereocenters. The van der Waals surface area contributed by atoms with Crippen molar-refractivity contribution in [2.75, 3.05) is 7.11 Å². The molecule has 18 heavy (non-hydrogen) atoms. The van der Waals surface area contributed by atoms with Crippen LogP contribution >= 0.6 is 22.6 Å². The minimum atomic E-state index is -0.325. The fourth-order valence-corrected chi connectivity index (χ4v) is 2.66. The minimum Gasteiger partial charge on any atom is -0.496 e. The van der Waals surface area contributed by atoms with Crippen LogP contribution in [0.15, 0.2) is 42.5 Å². The molecule has 0 saturated heterocycles. The Balaban J connectivity index is 2.44. The first-order valence-electron chi connectivity index (χ1n) is 5.47. The normalized spacial score (nSPS) is 12.2. The third-order valence-corrected chi connectivity index (χ3v) is 3.71. The first-order valence-corrected chi connectivity index (χ1v) is 6.55. The Morgan fingerprint density at radius 2 is 1.89 bits per heavy atom. The van der Waals surface area contributed by atoms with E-state index in [1.807, 2.05) is 24.3 Å². The zero-order valence-electron chi connectivity index (χ0n) is 9.86. The highest BCUT2D eigenvalue weighted by Gasteiger charge is 2.16. The number of methoxy groups -OCH3 is 1. The third kappa shape index (κ3) is 2.64. The Hall–Kier alpha value is -1.14. The van der Waals surface area contributed by atoms with E-state index in [2.05, 4.69) is 22.6 Å². The summed E-state index contributed by atoms with van der Waals surface area (Å²) in [6.45, 7) is 0. The van der Waals surface area contributed by atoms with Gasteiger partial charge in [-0.1, -0.05) is 24.3 Å². The Morgan fingerprint density at radius 3 is 2.56 bits per heavy atom. The third-order valence-electron chi connectivity index (χ3n) is 2.77. The molecule has 0 aliphatic heterocycles. The van der Waals surface area contributed by atoms with Crippen LogP contribution in [0.1, 0.15) is 17.2 Å². The molecule has 0 aliphatic carbocycles. The van der Waals surface area contributed by atoms with Crippen molar-refractivity contribution in [3.63, 3.8) is 0 Å². The van der Waals surface area contributed by atoms with Crippen molar-refractivity contribution in [3.8, 4) is 5.75 Å². The van der Waals surface area contributed by atoms with Gasteiger partial charge in [-0.2, -0.15) is 0 Å². The molecule has 94 valence electrons. The second-order valence-electron chi connectivity index (χ2n) is 3.89. The predicted octanol–water partition coefficient (Wildman–Crippen LogP) is 3.49. The van der Waals surface area contributed by atoms with Crippen molar-refractivity contribution < 1.29 is 9.13 Å². The van der Waals surface area contributed by atoms with E-state index in [9.17, 15) is 4.39 Å². The van der Waals surface area contributed by atoms with Gasteiger partial charge in [0, 0.05) is 9.13 Å². The lowest BCUT2D eigenvalue weighted by Crippen LogP contribution is -2.14. The van der Waals surface area contributed by atoms with E-state index in [0.29, 0.717) is 0 Å². The lowest BCUT2D eigenvalue weighted by atomic mass is 9.99. The van der Waals surface area contributed by atoms with Crippen LogP contribution in [0.2, 0.25) is 0 Å². The topological polar surface area (TPSA) is 35.2 Å². The van der Waals surface area contributed by atoms with Gasteiger partial charge >= 0.3 is 0 Å². The Labute approximate surface area is 119 Å². The van der Waals surface area contributed by atoms with Crippen molar-refractivity contribution in [1.29, 1.82) is 0 Å². The van der Waals surface area contributed by atoms with Crippen molar-refractivity contribution in [1.82, 2.24) is 0 Å². The van der Waals surface area contributed by atoms with Gasteiger partial charge in [0.1, 0.15) is 11.6 Å². The maximum Gasteiger partial charge on any atom is 0.124 e. The fourth-order valence-electron chi connectivity index (χ4n) is 1.84. The van der Waals surface area contributed by atoms with E-state index in [0.717, 1.165) is 20.4 Å². The summed E-state index contributed by atoms with van der Waals surface area (Å²) in [6, 6.07) is 11.9. The summed E-state index contributed by atoms with van der Waals surface area (Å²) in [4.78, 5) is 0. The Morgan fingerprint density at radius 1 is 1.17 bits per heavy atom. The fraction of sp³-hybridized carbons (Fsp3) is 0.143. The summed E-state index contributed by atoms with van der Waals surface area (Å²) >= 11 is 2.09. The van der Waals surface area contributed by atoms with Gasteiger partial charge in [-0.25, -0.2) is 4.39 Å². The maximum absolute atomic E-state index is 13.1. The maximum atomic E-state index is 13.1. The van der Waals surface area contributed by atoms with Crippen LogP contribution in [-0.4, -0.2) is 7.11 Å². The summed E-state index contributed by atoms with van der Waals surface area (Å²) in [5.41, 5.74) is 8.02. The van der Waals surface area contributed by atoms with E-state index in [4.69, 9.17) is 10.5 Å². The lowest BCUT2D eigenvalue weighted by Gasteiger charge is -2.17. The van der Waals surface area contributed by atoms with Crippen LogP contribution in [0.5, 0.6) is 5.75 Å². The molecule has 0 aromatic heterocycles. The molecule has 0 amide bonds. The van der Waals surface area contributed by atoms with E-state index >= 15 is 0 Å². The van der Waals surface area contributed by atoms with Crippen LogP contribution in [-0.2, 0) is 0 Å². The summed E-state index contributed by atoms with van der Waals surface area (Å²) in [6.07, 6.45) is 0. The number of hydrogen-bond acceptors (Lipinski definition) is 2. The predicted molar refractivity (Wildman–Crippen MR) is 78.1 cm³/mol. The van der Waals surface area contributed by atoms with Crippen molar-refractivity contribution in [2.24, 2.45) is 5.73 Å². The van der Waals surface area contributed by atoms with Crippen molar-refractivity contribution in [2.45, 2.75) is 6.04 Å². The van der Waals surface area contributed by atoms with Crippen molar-refractivity contribution in [3.05, 3.63) is 63.0 Å². The first-order chi connectivity index (χ1) is 8.63. The number of rotatable bonds is 3. The first kappa shape index (κ1) is 13.3. The summed E-state index contributed by atoms with van der Waals surface area (Å²) < 4.78 is 19.2. The van der Waals surface area contributed by atoms with Gasteiger partial charge in [0.05, 0.1) is 13.2 Å².